The number of rotatable bonds is 27. The number of nitrogens with zero attached hydrogens (tertiary/aromatic N) is 1. The highest BCUT2D eigenvalue weighted by Crippen LogP contribution is 2.62. The van der Waals surface area contributed by atoms with E-state index >= 15 is 0 Å². The van der Waals surface area contributed by atoms with E-state index in [-0.39, 0.29) is 70.6 Å². The largest absolute Gasteiger partial charge is 0.463 e. The van der Waals surface area contributed by atoms with Gasteiger partial charge in [0.25, 0.3) is 5.17 Å². The van der Waals surface area contributed by atoms with Gasteiger partial charge in [0.1, 0.15) is 12.2 Å². The fourth-order valence-electron chi connectivity index (χ4n) is 12.0. The monoisotopic (exact) mass is 1240 g/mol. The highest BCUT2D eigenvalue weighted by molar-refractivity contribution is 8.24. The van der Waals surface area contributed by atoms with E-state index in [1.165, 1.54) is 40.6 Å². The van der Waals surface area contributed by atoms with Crippen molar-refractivity contribution in [1.82, 2.24) is 0 Å². The molecular weight excluding hydrogens is 1160 g/mol. The second kappa shape index (κ2) is 32.2. The van der Waals surface area contributed by atoms with E-state index in [2.05, 4.69) is 13.2 Å². The molecule has 2 aliphatic heterocycles. The molecule has 0 aromatic heterocycles. The first-order chi connectivity index (χ1) is 41.9. The van der Waals surface area contributed by atoms with Crippen molar-refractivity contribution < 1.29 is 76.2 Å². The van der Waals surface area contributed by atoms with Gasteiger partial charge in [-0.05, 0) is 166 Å². The lowest BCUT2D eigenvalue weighted by atomic mass is 9.82. The number of anilines is 1. The van der Waals surface area contributed by atoms with Gasteiger partial charge < -0.3 is 42.6 Å². The van der Waals surface area contributed by atoms with E-state index < -0.39 is 41.6 Å². The number of amides is 1. The molecule has 20 heteroatoms. The predicted molar refractivity (Wildman–Crippen MR) is 328 cm³/mol. The summed E-state index contributed by atoms with van der Waals surface area (Å²) in [7, 11) is 0. The molecular formula is C66H79NO16S3. The van der Waals surface area contributed by atoms with Crippen LogP contribution in [-0.4, -0.2) is 97.7 Å². The molecule has 0 unspecified atom stereocenters. The number of unbranched alkanes of at least 4 members (excludes halogenated alkanes) is 6. The zero-order valence-electron chi connectivity index (χ0n) is 48.9. The van der Waals surface area contributed by atoms with Gasteiger partial charge in [-0.25, -0.2) is 14.5 Å². The maximum atomic E-state index is 14.4. The van der Waals surface area contributed by atoms with Gasteiger partial charge in [0, 0.05) is 36.1 Å². The Balaban J connectivity index is 0.784. The number of hydrogen-bond donors (Lipinski definition) is 0. The Morgan fingerprint density at radius 1 is 0.500 bits per heavy atom. The molecule has 4 aliphatic carbocycles. The highest BCUT2D eigenvalue weighted by atomic mass is 32.2. The van der Waals surface area contributed by atoms with Crippen LogP contribution in [-0.2, 0) is 66.7 Å². The molecule has 1 saturated heterocycles. The molecule has 4 saturated carbocycles. The second-order valence-corrected chi connectivity index (χ2v) is 25.6. The molecule has 17 nitrogen and oxygen atoms in total. The van der Waals surface area contributed by atoms with E-state index in [0.717, 1.165) is 103 Å². The molecule has 0 N–H and O–H groups in total. The van der Waals surface area contributed by atoms with Gasteiger partial charge in [-0.15, -0.1) is 0 Å². The first kappa shape index (κ1) is 64.4. The summed E-state index contributed by atoms with van der Waals surface area (Å²) in [5.74, 6) is -3.75. The van der Waals surface area contributed by atoms with Crippen LogP contribution in [0.3, 0.4) is 0 Å². The molecule has 462 valence electrons. The van der Waals surface area contributed by atoms with Crippen molar-refractivity contribution in [2.24, 2.45) is 23.7 Å². The minimum absolute atomic E-state index is 0.00230. The number of carbonyl (C=O) groups is 7. The van der Waals surface area contributed by atoms with E-state index in [0.29, 0.717) is 108 Å². The summed E-state index contributed by atoms with van der Waals surface area (Å²) in [6, 6.07) is 16.2. The van der Waals surface area contributed by atoms with Crippen molar-refractivity contribution in [3.63, 3.8) is 0 Å². The van der Waals surface area contributed by atoms with Crippen molar-refractivity contribution in [1.29, 1.82) is 0 Å². The molecule has 86 heavy (non-hydrogen) atoms. The van der Waals surface area contributed by atoms with Crippen LogP contribution in [0.15, 0.2) is 99.7 Å². The van der Waals surface area contributed by atoms with E-state index in [1.54, 1.807) is 24.3 Å². The lowest BCUT2D eigenvalue weighted by molar-refractivity contribution is -0.160. The van der Waals surface area contributed by atoms with Crippen LogP contribution < -0.4 is 14.4 Å². The van der Waals surface area contributed by atoms with Crippen molar-refractivity contribution in [2.75, 3.05) is 31.3 Å². The summed E-state index contributed by atoms with van der Waals surface area (Å²) in [5.41, 5.74) is 0.538. The molecule has 0 spiro atoms. The topological polar surface area (TPSA) is 206 Å². The first-order valence-electron chi connectivity index (χ1n) is 30.8. The summed E-state index contributed by atoms with van der Waals surface area (Å²) >= 11 is 7.96. The van der Waals surface area contributed by atoms with Crippen molar-refractivity contribution in [3.8, 4) is 11.5 Å². The summed E-state index contributed by atoms with van der Waals surface area (Å²) in [6.45, 7) is 8.93. The average molecular weight is 1240 g/mol. The highest BCUT2D eigenvalue weighted by Gasteiger charge is 2.43. The molecule has 3 aromatic carbocycles. The number of esters is 6. The Morgan fingerprint density at radius 2 is 0.872 bits per heavy atom. The van der Waals surface area contributed by atoms with Crippen molar-refractivity contribution in [2.45, 2.75) is 188 Å². The number of thioether (sulfide) groups is 2. The lowest BCUT2D eigenvalue weighted by Gasteiger charge is -2.31. The Labute approximate surface area is 517 Å². The molecule has 2 heterocycles. The van der Waals surface area contributed by atoms with Crippen LogP contribution in [0.4, 0.5) is 5.69 Å². The van der Waals surface area contributed by atoms with Gasteiger partial charge >= 0.3 is 41.7 Å². The number of thiocarbonyl (C=S) groups is 1. The maximum absolute atomic E-state index is 14.4. The van der Waals surface area contributed by atoms with Gasteiger partial charge in [0.2, 0.25) is 5.76 Å². The van der Waals surface area contributed by atoms with Gasteiger partial charge in [0.05, 0.1) is 68.8 Å². The van der Waals surface area contributed by atoms with Gasteiger partial charge in [-0.1, -0.05) is 92.0 Å². The third kappa shape index (κ3) is 17.4. The molecule has 9 rings (SSSR count). The fraction of sp³-hybridized carbons (Fsp3) is 0.545. The quantitative estimate of drug-likeness (QED) is 0.0174. The lowest BCUT2D eigenvalue weighted by Crippen LogP contribution is -2.33. The smallest absolute Gasteiger partial charge is 0.330 e. The Morgan fingerprint density at radius 3 is 1.28 bits per heavy atom. The van der Waals surface area contributed by atoms with E-state index in [4.69, 9.17) is 54.8 Å². The van der Waals surface area contributed by atoms with Gasteiger partial charge in [-0.3, -0.25) is 24.0 Å². The summed E-state index contributed by atoms with van der Waals surface area (Å²) in [4.78, 5) is 94.7. The normalized spacial score (nSPS) is 23.8. The maximum Gasteiger partial charge on any atom is 0.330 e. The van der Waals surface area contributed by atoms with Crippen molar-refractivity contribution in [3.05, 3.63) is 89.9 Å². The van der Waals surface area contributed by atoms with Crippen LogP contribution in [0, 0.1) is 23.7 Å². The fourth-order valence-corrected chi connectivity index (χ4v) is 14.9. The summed E-state index contributed by atoms with van der Waals surface area (Å²) < 4.78 is 53.8. The van der Waals surface area contributed by atoms with Crippen LogP contribution in [0.5, 0.6) is 11.5 Å². The molecule has 0 radical (unpaired) electrons. The number of fused-ring (bicyclic) bond motifs is 2. The molecule has 1 amide bonds. The zero-order chi connectivity index (χ0) is 60.4. The minimum Gasteiger partial charge on any atom is -0.463 e. The molecule has 0 atom stereocenters. The van der Waals surface area contributed by atoms with Crippen LogP contribution in [0.2, 0.25) is 0 Å². The standard InChI is InChI=1S/C66H79NO16S3/c1-3-53(68)77-40-16-7-5-14-38-75-47-30-34-49(35-31-47)79-61(71)42-22-26-44(27-23-42)63(73)81-55-51-20-12-13-21-52(51)56(59-58(55)85-65(86-59)57-60(70)67(66(84)83-57)46-18-10-9-11-19-46)82-64(74)45-28-24-43(25-29-45)62(72)80-50-36-32-48(33-37-50)76-39-15-6-8-17-41-78-54(69)4-2/h3-4,9-13,18-21,42-45,47-50H,1-2,5-8,14-17,22-41H2. The number of benzene rings is 3. The SMILES string of the molecule is C=CC(=O)OCCCCCCOC1CCC(OC(=O)C2CCC(C(=O)Oc3c4c(c(OC(=O)C5CCC(C(=O)OC6CCC(OCCCCCCOC(=O)C=C)CC6)CC5)c5ccccc35)SC(=C3OC(=S)N(c5ccccc5)C3=O)S4)CC2)CC1. The summed E-state index contributed by atoms with van der Waals surface area (Å²) in [5, 5.41) is 1.02. The second-order valence-electron chi connectivity index (χ2n) is 23.0. The molecule has 5 fully saturated rings. The molecule has 0 bridgehead atoms. The number of ether oxygens (including phenoxy) is 9. The summed E-state index contributed by atoms with van der Waals surface area (Å²) in [6.07, 6.45) is 19.5. The number of carbonyl (C=O) groups excluding carboxylic acids is 7. The van der Waals surface area contributed by atoms with Gasteiger partial charge in [-0.2, -0.15) is 0 Å². The van der Waals surface area contributed by atoms with Crippen LogP contribution in [0.25, 0.3) is 10.8 Å². The van der Waals surface area contributed by atoms with E-state index in [1.807, 2.05) is 30.3 Å². The number of hydrogen-bond acceptors (Lipinski definition) is 19. The van der Waals surface area contributed by atoms with Gasteiger partial charge in [0.15, 0.2) is 11.5 Å². The zero-order valence-corrected chi connectivity index (χ0v) is 51.3. The predicted octanol–water partition coefficient (Wildman–Crippen LogP) is 13.3. The van der Waals surface area contributed by atoms with E-state index in [9.17, 15) is 33.6 Å². The van der Waals surface area contributed by atoms with Crippen molar-refractivity contribution >= 4 is 99.1 Å². The first-order valence-corrected chi connectivity index (χ1v) is 32.9. The Bertz CT molecular complexity index is 2800. The molecule has 6 aliphatic rings. The van der Waals surface area contributed by atoms with Crippen LogP contribution >= 0.6 is 35.7 Å². The molecule has 3 aromatic rings. The average Bonchev–Trinajstić information content (AvgIpc) is 3.59. The minimum atomic E-state index is -0.495. The van der Waals surface area contributed by atoms with Crippen LogP contribution in [0.1, 0.15) is 154 Å². The Kier molecular flexibility index (Phi) is 24.2. The third-order valence-electron chi connectivity index (χ3n) is 17.0. The Hall–Kier alpha value is -6.06. The number of para-hydroxylation sites is 1. The third-order valence-corrected chi connectivity index (χ3v) is 19.8.